The number of amides is 1. The monoisotopic (exact) mass is 462 g/mol. The van der Waals surface area contributed by atoms with Crippen molar-refractivity contribution in [2.24, 2.45) is 0 Å². The number of ether oxygens (including phenoxy) is 1. The maximum absolute atomic E-state index is 12.5. The minimum Gasteiger partial charge on any atom is -0.484 e. The first-order valence-corrected chi connectivity index (χ1v) is 12.0. The molecule has 4 rings (SSSR count). The van der Waals surface area contributed by atoms with E-state index in [0.717, 1.165) is 30.2 Å². The second-order valence-corrected chi connectivity index (χ2v) is 9.85. The van der Waals surface area contributed by atoms with Gasteiger partial charge in [0.1, 0.15) is 12.4 Å². The molecule has 1 unspecified atom stereocenters. The molecule has 1 aliphatic carbocycles. The molecule has 3 aromatic rings. The highest BCUT2D eigenvalue weighted by Crippen LogP contribution is 2.39. The molecule has 2 heterocycles. The predicted molar refractivity (Wildman–Crippen MR) is 120 cm³/mol. The molecule has 2 aromatic heterocycles. The van der Waals surface area contributed by atoms with Crippen LogP contribution in [0.15, 0.2) is 46.9 Å². The summed E-state index contributed by atoms with van der Waals surface area (Å²) in [6.45, 7) is 2.82. The molecule has 1 aliphatic rings. The smallest absolute Gasteiger partial charge is 0.233 e. The molecule has 9 heteroatoms. The van der Waals surface area contributed by atoms with Gasteiger partial charge in [-0.05, 0) is 49.8 Å². The van der Waals surface area contributed by atoms with E-state index >= 15 is 0 Å². The fraction of sp³-hybridized carbons (Fsp3) is 0.381. The van der Waals surface area contributed by atoms with Crippen molar-refractivity contribution in [2.75, 3.05) is 6.54 Å². The van der Waals surface area contributed by atoms with Gasteiger partial charge in [0, 0.05) is 17.5 Å². The van der Waals surface area contributed by atoms with Crippen LogP contribution in [-0.4, -0.2) is 32.5 Å². The van der Waals surface area contributed by atoms with Gasteiger partial charge in [0.15, 0.2) is 11.0 Å². The van der Waals surface area contributed by atoms with E-state index in [9.17, 15) is 4.79 Å². The number of carbonyl (C=O) groups is 1. The third-order valence-corrected chi connectivity index (χ3v) is 7.05. The van der Waals surface area contributed by atoms with Crippen molar-refractivity contribution in [2.45, 2.75) is 49.2 Å². The van der Waals surface area contributed by atoms with Crippen molar-refractivity contribution in [1.29, 1.82) is 0 Å². The van der Waals surface area contributed by atoms with Crippen LogP contribution < -0.4 is 10.1 Å². The topological polar surface area (TPSA) is 69.0 Å². The molecule has 1 atom stereocenters. The highest BCUT2D eigenvalue weighted by molar-refractivity contribution is 8.00. The number of hydrogen-bond acceptors (Lipinski definition) is 6. The predicted octanol–water partition coefficient (Wildman–Crippen LogP) is 4.75. The van der Waals surface area contributed by atoms with E-state index < -0.39 is 0 Å². The molecule has 6 nitrogen and oxygen atoms in total. The van der Waals surface area contributed by atoms with Crippen molar-refractivity contribution in [3.05, 3.63) is 57.5 Å². The lowest BCUT2D eigenvalue weighted by molar-refractivity contribution is -0.120. The summed E-state index contributed by atoms with van der Waals surface area (Å²) in [6.07, 6.45) is 3.03. The molecule has 0 saturated heterocycles. The van der Waals surface area contributed by atoms with Crippen LogP contribution in [0.1, 0.15) is 36.5 Å². The van der Waals surface area contributed by atoms with Crippen LogP contribution in [0, 0.1) is 0 Å². The van der Waals surface area contributed by atoms with E-state index in [2.05, 4.69) is 26.1 Å². The summed E-state index contributed by atoms with van der Waals surface area (Å²) < 4.78 is 7.96. The molecule has 158 valence electrons. The van der Waals surface area contributed by atoms with E-state index in [4.69, 9.17) is 16.3 Å². The summed E-state index contributed by atoms with van der Waals surface area (Å²) in [5.41, 5.74) is 0. The van der Waals surface area contributed by atoms with Crippen LogP contribution in [0.3, 0.4) is 0 Å². The normalized spacial score (nSPS) is 14.5. The average Bonchev–Trinajstić information content (AvgIpc) is 3.28. The van der Waals surface area contributed by atoms with Gasteiger partial charge in [-0.2, -0.15) is 0 Å². The minimum absolute atomic E-state index is 0.00997. The number of nitrogens with one attached hydrogen (secondary N) is 1. The minimum atomic E-state index is -0.257. The average molecular weight is 463 g/mol. The van der Waals surface area contributed by atoms with Gasteiger partial charge in [-0.15, -0.1) is 21.5 Å². The molecule has 0 bridgehead atoms. The molecular weight excluding hydrogens is 440 g/mol. The van der Waals surface area contributed by atoms with Crippen molar-refractivity contribution < 1.29 is 9.53 Å². The zero-order chi connectivity index (χ0) is 20.9. The van der Waals surface area contributed by atoms with E-state index in [0.29, 0.717) is 23.4 Å². The second kappa shape index (κ2) is 9.85. The maximum Gasteiger partial charge on any atom is 0.233 e. The number of para-hydroxylation sites is 1. The highest BCUT2D eigenvalue weighted by Gasteiger charge is 2.31. The fourth-order valence-electron chi connectivity index (χ4n) is 3.01. The molecule has 1 saturated carbocycles. The molecular formula is C21H23ClN4O2S2. The first kappa shape index (κ1) is 21.2. The van der Waals surface area contributed by atoms with Crippen LogP contribution in [0.5, 0.6) is 5.75 Å². The summed E-state index contributed by atoms with van der Waals surface area (Å²) in [5, 5.41) is 14.8. The summed E-state index contributed by atoms with van der Waals surface area (Å²) in [7, 11) is 0. The Hall–Kier alpha value is -2.03. The second-order valence-electron chi connectivity index (χ2n) is 7.10. The first-order valence-electron chi connectivity index (χ1n) is 9.89. The number of halogens is 1. The lowest BCUT2D eigenvalue weighted by Gasteiger charge is -2.13. The van der Waals surface area contributed by atoms with E-state index in [-0.39, 0.29) is 17.8 Å². The van der Waals surface area contributed by atoms with Crippen LogP contribution >= 0.6 is 34.7 Å². The van der Waals surface area contributed by atoms with Gasteiger partial charge >= 0.3 is 0 Å². The molecule has 0 aliphatic heterocycles. The Balaban J connectivity index is 1.35. The summed E-state index contributed by atoms with van der Waals surface area (Å²) in [6, 6.07) is 11.9. The van der Waals surface area contributed by atoms with Gasteiger partial charge < -0.3 is 10.1 Å². The van der Waals surface area contributed by atoms with Crippen LogP contribution in [0.25, 0.3) is 0 Å². The Bertz CT molecular complexity index is 989. The number of thiophene rings is 1. The van der Waals surface area contributed by atoms with Gasteiger partial charge in [0.25, 0.3) is 0 Å². The molecule has 1 amide bonds. The SMILES string of the molecule is CC(Sc1nnc(COc2ccccc2Cl)n1C1CC1)C(=O)NCCc1cccs1. The van der Waals surface area contributed by atoms with Gasteiger partial charge in [-0.3, -0.25) is 9.36 Å². The highest BCUT2D eigenvalue weighted by atomic mass is 35.5. The maximum atomic E-state index is 12.5. The van der Waals surface area contributed by atoms with Gasteiger partial charge in [-0.25, -0.2) is 0 Å². The fourth-order valence-corrected chi connectivity index (χ4v) is 4.87. The number of carbonyl (C=O) groups excluding carboxylic acids is 1. The van der Waals surface area contributed by atoms with Crippen LogP contribution in [0.2, 0.25) is 5.02 Å². The molecule has 30 heavy (non-hydrogen) atoms. The molecule has 1 N–H and O–H groups in total. The van der Waals surface area contributed by atoms with Crippen molar-refractivity contribution >= 4 is 40.6 Å². The zero-order valence-corrected chi connectivity index (χ0v) is 19.0. The Morgan fingerprint density at radius 3 is 2.90 bits per heavy atom. The Labute approximate surface area is 189 Å². The molecule has 1 aromatic carbocycles. The van der Waals surface area contributed by atoms with Crippen molar-refractivity contribution in [3.8, 4) is 5.75 Å². The van der Waals surface area contributed by atoms with Gasteiger partial charge in [-0.1, -0.05) is 41.6 Å². The standard InChI is InChI=1S/C21H23ClN4O2S2/c1-14(20(27)23-11-10-16-5-4-12-29-16)30-21-25-24-19(26(21)15-8-9-15)13-28-18-7-3-2-6-17(18)22/h2-7,12,14-15H,8-11,13H2,1H3,(H,23,27). The Morgan fingerprint density at radius 1 is 1.33 bits per heavy atom. The Kier molecular flexibility index (Phi) is 6.97. The largest absolute Gasteiger partial charge is 0.484 e. The summed E-state index contributed by atoms with van der Waals surface area (Å²) in [4.78, 5) is 13.8. The lowest BCUT2D eigenvalue weighted by atomic mass is 10.3. The van der Waals surface area contributed by atoms with Crippen molar-refractivity contribution in [1.82, 2.24) is 20.1 Å². The first-order chi connectivity index (χ1) is 14.6. The molecule has 0 spiro atoms. The number of nitrogens with zero attached hydrogens (tertiary/aromatic N) is 3. The lowest BCUT2D eigenvalue weighted by Crippen LogP contribution is -2.32. The van der Waals surface area contributed by atoms with E-state index in [1.807, 2.05) is 36.6 Å². The number of hydrogen-bond donors (Lipinski definition) is 1. The van der Waals surface area contributed by atoms with Crippen molar-refractivity contribution in [3.63, 3.8) is 0 Å². The molecule has 1 fully saturated rings. The third-order valence-electron chi connectivity index (χ3n) is 4.74. The Morgan fingerprint density at radius 2 is 2.17 bits per heavy atom. The van der Waals surface area contributed by atoms with Gasteiger partial charge in [0.2, 0.25) is 5.91 Å². The van der Waals surface area contributed by atoms with E-state index in [1.54, 1.807) is 17.4 Å². The zero-order valence-electron chi connectivity index (χ0n) is 16.6. The van der Waals surface area contributed by atoms with E-state index in [1.165, 1.54) is 16.6 Å². The quantitative estimate of drug-likeness (QED) is 0.440. The number of thioether (sulfide) groups is 1. The number of rotatable bonds is 10. The van der Waals surface area contributed by atoms with Crippen LogP contribution in [0.4, 0.5) is 0 Å². The van der Waals surface area contributed by atoms with Crippen LogP contribution in [-0.2, 0) is 17.8 Å². The summed E-state index contributed by atoms with van der Waals surface area (Å²) >= 11 is 9.32. The molecule has 0 radical (unpaired) electrons. The number of benzene rings is 1. The number of aromatic nitrogens is 3. The van der Waals surface area contributed by atoms with Gasteiger partial charge in [0.05, 0.1) is 10.3 Å². The summed E-state index contributed by atoms with van der Waals surface area (Å²) in [5.74, 6) is 1.39. The third kappa shape index (κ3) is 5.36.